The third kappa shape index (κ3) is 5.81. The number of carboxylic acid groups (broad SMARTS) is 1. The number of nitrogens with one attached hydrogen (secondary N) is 2. The van der Waals surface area contributed by atoms with Crippen LogP contribution in [0.25, 0.3) is 6.08 Å². The fourth-order valence-corrected chi connectivity index (χ4v) is 1.99. The molecule has 10 nitrogen and oxygen atoms in total. The molecule has 1 aromatic heterocycles. The highest BCUT2D eigenvalue weighted by Crippen LogP contribution is 2.14. The summed E-state index contributed by atoms with van der Waals surface area (Å²) in [5.41, 5.74) is 0.124. The summed E-state index contributed by atoms with van der Waals surface area (Å²) in [5.74, 6) is -2.50. The monoisotopic (exact) mass is 373 g/mol. The molecule has 2 amide bonds. The molecule has 1 aromatic carbocycles. The zero-order valence-corrected chi connectivity index (χ0v) is 13.9. The van der Waals surface area contributed by atoms with Crippen LogP contribution in [0.1, 0.15) is 22.5 Å². The third-order valence-corrected chi connectivity index (χ3v) is 3.28. The van der Waals surface area contributed by atoms with E-state index in [-0.39, 0.29) is 30.1 Å². The standard InChI is InChI=1S/C17H15N3O7/c21-15(22)7-8-18-16(23)13(19-17(24)14-2-1-9-27-14)10-11-3-5-12(6-4-11)20(25)26/h1-6,9-10H,7-8H2,(H,18,23)(H,19,24)(H,21,22)/b13-10+. The lowest BCUT2D eigenvalue weighted by Crippen LogP contribution is -2.35. The first-order valence-corrected chi connectivity index (χ1v) is 7.68. The van der Waals surface area contributed by atoms with Crippen LogP contribution in [-0.2, 0) is 9.59 Å². The number of nitrogens with zero attached hydrogens (tertiary/aromatic N) is 1. The van der Waals surface area contributed by atoms with Crippen LogP contribution in [0.4, 0.5) is 5.69 Å². The summed E-state index contributed by atoms with van der Waals surface area (Å²) < 4.78 is 4.96. The number of rotatable bonds is 8. The third-order valence-electron chi connectivity index (χ3n) is 3.28. The maximum atomic E-state index is 12.3. The van der Waals surface area contributed by atoms with Crippen LogP contribution in [0.2, 0.25) is 0 Å². The van der Waals surface area contributed by atoms with Crippen LogP contribution < -0.4 is 10.6 Å². The van der Waals surface area contributed by atoms with Gasteiger partial charge in [0.2, 0.25) is 0 Å². The minimum absolute atomic E-state index is 0.0251. The molecule has 3 N–H and O–H groups in total. The predicted octanol–water partition coefficient (Wildman–Crippen LogP) is 1.55. The van der Waals surface area contributed by atoms with Crippen LogP contribution in [-0.4, -0.2) is 34.4 Å². The Bertz CT molecular complexity index is 870. The van der Waals surface area contributed by atoms with Crippen molar-refractivity contribution in [2.45, 2.75) is 6.42 Å². The van der Waals surface area contributed by atoms with Crippen molar-refractivity contribution in [2.24, 2.45) is 0 Å². The molecule has 140 valence electrons. The minimum Gasteiger partial charge on any atom is -0.481 e. The van der Waals surface area contributed by atoms with Gasteiger partial charge in [-0.05, 0) is 35.9 Å². The highest BCUT2D eigenvalue weighted by atomic mass is 16.6. The predicted molar refractivity (Wildman–Crippen MR) is 92.5 cm³/mol. The van der Waals surface area contributed by atoms with Crippen molar-refractivity contribution in [1.29, 1.82) is 0 Å². The Hall–Kier alpha value is -3.95. The number of hydrogen-bond acceptors (Lipinski definition) is 6. The molecule has 1 heterocycles. The van der Waals surface area contributed by atoms with Crippen LogP contribution in [0.15, 0.2) is 52.8 Å². The van der Waals surface area contributed by atoms with E-state index in [0.29, 0.717) is 5.56 Å². The molecule has 0 aliphatic rings. The number of nitro benzene ring substituents is 1. The highest BCUT2D eigenvalue weighted by molar-refractivity contribution is 6.04. The Kier molecular flexibility index (Phi) is 6.42. The van der Waals surface area contributed by atoms with E-state index in [1.165, 1.54) is 48.7 Å². The quantitative estimate of drug-likeness (QED) is 0.360. The number of amides is 2. The Morgan fingerprint density at radius 2 is 1.89 bits per heavy atom. The second kappa shape index (κ2) is 8.94. The molecule has 0 bridgehead atoms. The van der Waals surface area contributed by atoms with Crippen LogP contribution in [0.3, 0.4) is 0 Å². The Balaban J connectivity index is 2.21. The van der Waals surface area contributed by atoms with Crippen molar-refractivity contribution >= 4 is 29.5 Å². The van der Waals surface area contributed by atoms with Gasteiger partial charge < -0.3 is 20.2 Å². The molecular weight excluding hydrogens is 358 g/mol. The first-order chi connectivity index (χ1) is 12.9. The molecule has 27 heavy (non-hydrogen) atoms. The van der Waals surface area contributed by atoms with Crippen LogP contribution in [0, 0.1) is 10.1 Å². The Morgan fingerprint density at radius 1 is 1.19 bits per heavy atom. The summed E-state index contributed by atoms with van der Waals surface area (Å²) in [6.07, 6.45) is 2.31. The topological polar surface area (TPSA) is 152 Å². The number of non-ortho nitro benzene ring substituents is 1. The van der Waals surface area contributed by atoms with Gasteiger partial charge in [-0.3, -0.25) is 24.5 Å². The van der Waals surface area contributed by atoms with Gasteiger partial charge in [0.05, 0.1) is 17.6 Å². The lowest BCUT2D eigenvalue weighted by atomic mass is 10.1. The molecule has 2 aromatic rings. The maximum Gasteiger partial charge on any atom is 0.305 e. The van der Waals surface area contributed by atoms with E-state index in [2.05, 4.69) is 10.6 Å². The van der Waals surface area contributed by atoms with Gasteiger partial charge in [0.1, 0.15) is 5.70 Å². The van der Waals surface area contributed by atoms with Crippen molar-refractivity contribution in [2.75, 3.05) is 6.54 Å². The molecule has 2 rings (SSSR count). The van der Waals surface area contributed by atoms with Gasteiger partial charge in [0.15, 0.2) is 5.76 Å². The van der Waals surface area contributed by atoms with Gasteiger partial charge in [0, 0.05) is 18.7 Å². The minimum atomic E-state index is -1.09. The molecule has 10 heteroatoms. The second-order valence-corrected chi connectivity index (χ2v) is 5.24. The largest absolute Gasteiger partial charge is 0.481 e. The van der Waals surface area contributed by atoms with E-state index in [1.807, 2.05) is 0 Å². The van der Waals surface area contributed by atoms with E-state index in [1.54, 1.807) is 0 Å². The van der Waals surface area contributed by atoms with Crippen molar-refractivity contribution in [3.63, 3.8) is 0 Å². The molecule has 0 atom stereocenters. The van der Waals surface area contributed by atoms with Crippen molar-refractivity contribution in [3.8, 4) is 0 Å². The van der Waals surface area contributed by atoms with E-state index in [4.69, 9.17) is 9.52 Å². The van der Waals surface area contributed by atoms with Crippen molar-refractivity contribution in [3.05, 3.63) is 69.8 Å². The van der Waals surface area contributed by atoms with Crippen molar-refractivity contribution < 1.29 is 28.8 Å². The molecule has 0 saturated carbocycles. The number of benzene rings is 1. The zero-order chi connectivity index (χ0) is 19.8. The fraction of sp³-hybridized carbons (Fsp3) is 0.118. The average molecular weight is 373 g/mol. The Labute approximate surface area is 152 Å². The maximum absolute atomic E-state index is 12.3. The van der Waals surface area contributed by atoms with Crippen LogP contribution >= 0.6 is 0 Å². The number of aliphatic carboxylic acids is 1. The van der Waals surface area contributed by atoms with Gasteiger partial charge >= 0.3 is 5.97 Å². The number of carbonyl (C=O) groups is 3. The second-order valence-electron chi connectivity index (χ2n) is 5.24. The molecule has 0 radical (unpaired) electrons. The number of nitro groups is 1. The van der Waals surface area contributed by atoms with E-state index in [0.717, 1.165) is 0 Å². The highest BCUT2D eigenvalue weighted by Gasteiger charge is 2.16. The molecule has 0 saturated heterocycles. The molecule has 0 fully saturated rings. The van der Waals surface area contributed by atoms with E-state index < -0.39 is 22.7 Å². The zero-order valence-electron chi connectivity index (χ0n) is 13.9. The summed E-state index contributed by atoms with van der Waals surface area (Å²) >= 11 is 0. The molecule has 0 aliphatic carbocycles. The lowest BCUT2D eigenvalue weighted by Gasteiger charge is -2.09. The first-order valence-electron chi connectivity index (χ1n) is 7.68. The lowest BCUT2D eigenvalue weighted by molar-refractivity contribution is -0.384. The van der Waals surface area contributed by atoms with E-state index >= 15 is 0 Å². The average Bonchev–Trinajstić information content (AvgIpc) is 3.16. The first kappa shape index (κ1) is 19.4. The number of carbonyl (C=O) groups excluding carboxylic acids is 2. The number of carboxylic acids is 1. The normalized spacial score (nSPS) is 10.9. The molecule has 0 aliphatic heterocycles. The van der Waals surface area contributed by atoms with Gasteiger partial charge in [-0.1, -0.05) is 0 Å². The summed E-state index contributed by atoms with van der Waals surface area (Å²) in [7, 11) is 0. The Morgan fingerprint density at radius 3 is 2.44 bits per heavy atom. The van der Waals surface area contributed by atoms with Gasteiger partial charge in [-0.25, -0.2) is 0 Å². The van der Waals surface area contributed by atoms with E-state index in [9.17, 15) is 24.5 Å². The summed E-state index contributed by atoms with van der Waals surface area (Å²) in [6.45, 7) is -0.137. The number of hydrogen-bond donors (Lipinski definition) is 3. The van der Waals surface area contributed by atoms with Crippen LogP contribution in [0.5, 0.6) is 0 Å². The summed E-state index contributed by atoms with van der Waals surface area (Å²) in [6, 6.07) is 8.21. The SMILES string of the molecule is O=C(O)CCNC(=O)/C(=C\c1ccc([N+](=O)[O-])cc1)NC(=O)c1ccco1. The summed E-state index contributed by atoms with van der Waals surface area (Å²) in [5, 5.41) is 24.1. The fourth-order valence-electron chi connectivity index (χ4n) is 1.99. The van der Waals surface area contributed by atoms with Gasteiger partial charge in [-0.2, -0.15) is 0 Å². The summed E-state index contributed by atoms with van der Waals surface area (Å²) in [4.78, 5) is 45.1. The van der Waals surface area contributed by atoms with Crippen molar-refractivity contribution in [1.82, 2.24) is 10.6 Å². The van der Waals surface area contributed by atoms with Gasteiger partial charge in [0.25, 0.3) is 17.5 Å². The molecular formula is C17H15N3O7. The number of furan rings is 1. The smallest absolute Gasteiger partial charge is 0.305 e. The molecule has 0 unspecified atom stereocenters. The molecule has 0 spiro atoms. The van der Waals surface area contributed by atoms with Gasteiger partial charge in [-0.15, -0.1) is 0 Å².